The molecule has 0 radical (unpaired) electrons. The first-order valence-electron chi connectivity index (χ1n) is 16.8. The minimum atomic E-state index is -1.23. The Hall–Kier alpha value is -3.90. The average molecular weight is 643 g/mol. The number of fused-ring (bicyclic) bond motifs is 1. The monoisotopic (exact) mass is 642 g/mol. The molecule has 47 heavy (non-hydrogen) atoms. The van der Waals surface area contributed by atoms with Crippen LogP contribution in [-0.4, -0.2) is 59.4 Å². The van der Waals surface area contributed by atoms with Gasteiger partial charge in [-0.25, -0.2) is 19.8 Å². The van der Waals surface area contributed by atoms with Crippen molar-refractivity contribution >= 4 is 11.6 Å². The second-order valence-electron chi connectivity index (χ2n) is 13.3. The van der Waals surface area contributed by atoms with E-state index in [2.05, 4.69) is 41.7 Å². The number of aliphatic hydroxyl groups is 2. The smallest absolute Gasteiger partial charge is 0.280 e. The van der Waals surface area contributed by atoms with Gasteiger partial charge in [0, 0.05) is 23.6 Å². The molecular formula is C36H46N6O5. The summed E-state index contributed by atoms with van der Waals surface area (Å²) in [6.07, 6.45) is 4.59. The molecule has 1 saturated carbocycles. The van der Waals surface area contributed by atoms with Crippen LogP contribution in [0.1, 0.15) is 100 Å². The normalized spacial score (nSPS) is 20.7. The van der Waals surface area contributed by atoms with Gasteiger partial charge >= 0.3 is 0 Å². The molecule has 1 aliphatic heterocycles. The molecule has 6 rings (SSSR count). The van der Waals surface area contributed by atoms with Gasteiger partial charge in [0.25, 0.3) is 12.0 Å². The van der Waals surface area contributed by atoms with Crippen LogP contribution in [0.5, 0.6) is 0 Å². The number of amidine groups is 1. The number of aromatic nitrogens is 4. The highest BCUT2D eigenvalue weighted by Gasteiger charge is 2.33. The molecular weight excluding hydrogens is 596 g/mol. The molecule has 3 N–H and O–H groups in total. The topological polar surface area (TPSA) is 136 Å². The third kappa shape index (κ3) is 6.89. The zero-order chi connectivity index (χ0) is 33.3. The summed E-state index contributed by atoms with van der Waals surface area (Å²) in [5.41, 5.74) is 7.23. The number of aryl methyl sites for hydroxylation is 2. The van der Waals surface area contributed by atoms with Gasteiger partial charge in [0.2, 0.25) is 5.78 Å². The first-order valence-corrected chi connectivity index (χ1v) is 16.8. The van der Waals surface area contributed by atoms with E-state index in [0.717, 1.165) is 78.5 Å². The largest absolute Gasteiger partial charge is 0.388 e. The van der Waals surface area contributed by atoms with Crippen molar-refractivity contribution in [2.45, 2.75) is 116 Å². The van der Waals surface area contributed by atoms with E-state index in [9.17, 15) is 15.0 Å². The number of rotatable bonds is 11. The van der Waals surface area contributed by atoms with Crippen molar-refractivity contribution in [1.82, 2.24) is 24.6 Å². The van der Waals surface area contributed by atoms with Gasteiger partial charge in [0.15, 0.2) is 5.84 Å². The summed E-state index contributed by atoms with van der Waals surface area (Å²) in [5.74, 6) is 1.72. The molecule has 11 nitrogen and oxygen atoms in total. The van der Waals surface area contributed by atoms with Gasteiger partial charge in [0.05, 0.1) is 23.5 Å². The summed E-state index contributed by atoms with van der Waals surface area (Å²) in [6.45, 7) is 9.62. The van der Waals surface area contributed by atoms with E-state index in [4.69, 9.17) is 19.7 Å². The van der Waals surface area contributed by atoms with Gasteiger partial charge in [-0.05, 0) is 76.0 Å². The van der Waals surface area contributed by atoms with Crippen LogP contribution in [0.25, 0.3) is 16.9 Å². The lowest BCUT2D eigenvalue weighted by molar-refractivity contribution is -0.128. The molecule has 0 spiro atoms. The Bertz CT molecular complexity index is 1800. The van der Waals surface area contributed by atoms with Gasteiger partial charge in [-0.1, -0.05) is 68.8 Å². The van der Waals surface area contributed by atoms with Crippen molar-refractivity contribution in [1.29, 1.82) is 0 Å². The van der Waals surface area contributed by atoms with Crippen LogP contribution in [0, 0.1) is 6.92 Å². The van der Waals surface area contributed by atoms with Crippen LogP contribution < -0.4 is 11.0 Å². The lowest BCUT2D eigenvalue weighted by atomic mass is 9.91. The summed E-state index contributed by atoms with van der Waals surface area (Å²) in [4.78, 5) is 28.4. The molecule has 1 fully saturated rings. The third-order valence-electron chi connectivity index (χ3n) is 9.33. The first kappa shape index (κ1) is 33.0. The Morgan fingerprint density at radius 2 is 1.77 bits per heavy atom. The number of benzene rings is 2. The van der Waals surface area contributed by atoms with Crippen molar-refractivity contribution in [2.75, 3.05) is 0 Å². The molecule has 0 saturated heterocycles. The van der Waals surface area contributed by atoms with E-state index >= 15 is 0 Å². The highest BCUT2D eigenvalue weighted by Crippen LogP contribution is 2.33. The van der Waals surface area contributed by atoms with Crippen molar-refractivity contribution in [2.24, 2.45) is 4.99 Å². The van der Waals surface area contributed by atoms with E-state index in [1.807, 2.05) is 47.2 Å². The van der Waals surface area contributed by atoms with Crippen molar-refractivity contribution in [3.63, 3.8) is 0 Å². The second kappa shape index (κ2) is 13.7. The van der Waals surface area contributed by atoms with E-state index in [0.29, 0.717) is 23.9 Å². The molecule has 0 amide bonds. The fourth-order valence-electron chi connectivity index (χ4n) is 7.01. The number of ether oxygens (including phenoxy) is 1. The standard InChI is InChI=1S/C36H46N6O5/c1-6-10-30-29(21-23-13-15-24(16-14-23)27-11-8-9-12-28(27)32-38-35(44)47-40-32)33(43)41(34-37-22(3)39-42(30)34)25-17-19-26(20-18-25)46-31(7-2)36(4,5)45/h8-9,11-16,25-26,31,35,44-45H,6-7,10,17-21H2,1-5H3,(H,38,40). The molecule has 2 aromatic carbocycles. The van der Waals surface area contributed by atoms with Gasteiger partial charge < -0.3 is 14.9 Å². The highest BCUT2D eigenvalue weighted by molar-refractivity contribution is 6.04. The van der Waals surface area contributed by atoms with Gasteiger partial charge in [-0.15, -0.1) is 0 Å². The predicted molar refractivity (Wildman–Crippen MR) is 180 cm³/mol. The number of nitrogens with zero attached hydrogens (tertiary/aromatic N) is 5. The fraction of sp³-hybridized carbons (Fsp3) is 0.500. The Balaban J connectivity index is 1.30. The minimum absolute atomic E-state index is 0.000978. The van der Waals surface area contributed by atoms with Crippen molar-refractivity contribution < 1.29 is 19.8 Å². The van der Waals surface area contributed by atoms with Crippen LogP contribution in [0.15, 0.2) is 58.3 Å². The molecule has 11 heteroatoms. The fourth-order valence-corrected chi connectivity index (χ4v) is 7.01. The van der Waals surface area contributed by atoms with Gasteiger partial charge in [-0.3, -0.25) is 9.36 Å². The Kier molecular flexibility index (Phi) is 9.61. The number of aliphatic hydroxyl groups excluding tert-OH is 1. The lowest BCUT2D eigenvalue weighted by Crippen LogP contribution is -2.41. The maximum absolute atomic E-state index is 14.5. The van der Waals surface area contributed by atoms with Crippen LogP contribution in [-0.2, 0) is 22.4 Å². The SMILES string of the molecule is CCCc1c(Cc2ccc(-c3ccccc3C3=NC(O)ON3)cc2)c(=O)n(C2CCC(OC(CC)C(C)(C)O)CC2)c2nc(C)nn12. The van der Waals surface area contributed by atoms with Crippen LogP contribution in [0.2, 0.25) is 0 Å². The zero-order valence-corrected chi connectivity index (χ0v) is 27.9. The Morgan fingerprint density at radius 3 is 2.38 bits per heavy atom. The van der Waals surface area contributed by atoms with Crippen molar-refractivity contribution in [3.8, 4) is 11.1 Å². The number of nitrogens with one attached hydrogen (secondary N) is 1. The number of hydrogen-bond donors (Lipinski definition) is 3. The Morgan fingerprint density at radius 1 is 1.06 bits per heavy atom. The average Bonchev–Trinajstić information content (AvgIpc) is 3.67. The summed E-state index contributed by atoms with van der Waals surface area (Å²) in [6, 6.07) is 16.0. The predicted octanol–water partition coefficient (Wildman–Crippen LogP) is 5.02. The van der Waals surface area contributed by atoms with Crippen molar-refractivity contribution in [3.05, 3.63) is 87.1 Å². The van der Waals surface area contributed by atoms with E-state index in [-0.39, 0.29) is 23.8 Å². The number of hydrogen-bond acceptors (Lipinski definition) is 9. The quantitative estimate of drug-likeness (QED) is 0.208. The molecule has 3 heterocycles. The van der Waals surface area contributed by atoms with Gasteiger partial charge in [-0.2, -0.15) is 10.1 Å². The number of aliphatic imine (C=N–C) groups is 1. The second-order valence-corrected chi connectivity index (χ2v) is 13.3. The third-order valence-corrected chi connectivity index (χ3v) is 9.33. The highest BCUT2D eigenvalue weighted by atomic mass is 16.7. The van der Waals surface area contributed by atoms with E-state index < -0.39 is 12.0 Å². The maximum Gasteiger partial charge on any atom is 0.280 e. The first-order chi connectivity index (χ1) is 22.6. The minimum Gasteiger partial charge on any atom is -0.388 e. The van der Waals surface area contributed by atoms with Crippen LogP contribution in [0.3, 0.4) is 0 Å². The van der Waals surface area contributed by atoms with Gasteiger partial charge in [0.1, 0.15) is 5.82 Å². The molecule has 4 aromatic rings. The maximum atomic E-state index is 14.5. The summed E-state index contributed by atoms with van der Waals surface area (Å²) in [5, 5.41) is 25.0. The Labute approximate surface area is 275 Å². The summed E-state index contributed by atoms with van der Waals surface area (Å²) in [7, 11) is 0. The van der Waals surface area contributed by atoms with E-state index in [1.54, 1.807) is 13.8 Å². The molecule has 2 aliphatic rings. The van der Waals surface area contributed by atoms with Crippen LogP contribution >= 0.6 is 0 Å². The number of hydroxylamine groups is 1. The summed E-state index contributed by atoms with van der Waals surface area (Å²) >= 11 is 0. The molecule has 0 bridgehead atoms. The molecule has 2 aromatic heterocycles. The van der Waals surface area contributed by atoms with E-state index in [1.165, 1.54) is 0 Å². The van der Waals surface area contributed by atoms with Crippen LogP contribution in [0.4, 0.5) is 0 Å². The molecule has 2 unspecified atom stereocenters. The summed E-state index contributed by atoms with van der Waals surface area (Å²) < 4.78 is 10.1. The zero-order valence-electron chi connectivity index (χ0n) is 27.9. The lowest BCUT2D eigenvalue weighted by Gasteiger charge is -2.36. The molecule has 250 valence electrons. The molecule has 1 aliphatic carbocycles. The molecule has 2 atom stereocenters.